The number of hydrogen-bond acceptors (Lipinski definition) is 7. The molecular weight excluding hydrogens is 745 g/mol. The highest BCUT2D eigenvalue weighted by atomic mass is 32.2. The highest BCUT2D eigenvalue weighted by Crippen LogP contribution is 2.35. The van der Waals surface area contributed by atoms with Gasteiger partial charge in [-0.05, 0) is 131 Å². The summed E-state index contributed by atoms with van der Waals surface area (Å²) in [6, 6.07) is 19.9. The maximum atomic E-state index is 14.1. The number of aliphatic carboxylic acids is 1. The molecule has 3 aliphatic rings. The molecule has 0 spiro atoms. The van der Waals surface area contributed by atoms with Crippen molar-refractivity contribution in [3.05, 3.63) is 118 Å². The summed E-state index contributed by atoms with van der Waals surface area (Å²) < 4.78 is 29.2. The summed E-state index contributed by atoms with van der Waals surface area (Å²) in [5.41, 5.74) is 3.34. The Morgan fingerprint density at radius 3 is 2.04 bits per heavy atom. The Labute approximate surface area is 334 Å². The fourth-order valence-electron chi connectivity index (χ4n) is 8.24. The van der Waals surface area contributed by atoms with Crippen molar-refractivity contribution < 1.29 is 37.8 Å². The van der Waals surface area contributed by atoms with Crippen LogP contribution >= 0.6 is 0 Å². The number of carboxylic acid groups (broad SMARTS) is 2. The van der Waals surface area contributed by atoms with E-state index >= 15 is 0 Å². The number of nitrogens with zero attached hydrogens (tertiary/aromatic N) is 2. The first-order valence-corrected chi connectivity index (χ1v) is 21.3. The van der Waals surface area contributed by atoms with Gasteiger partial charge in [0.05, 0.1) is 16.4 Å². The van der Waals surface area contributed by atoms with E-state index in [-0.39, 0.29) is 34.5 Å². The third kappa shape index (κ3) is 9.89. The number of likely N-dealkylation sites (tertiary alicyclic amines) is 1. The number of carbonyl (C=O) groups is 4. The average Bonchev–Trinajstić information content (AvgIpc) is 3.22. The van der Waals surface area contributed by atoms with Gasteiger partial charge >= 0.3 is 11.9 Å². The van der Waals surface area contributed by atoms with Crippen molar-refractivity contribution in [1.82, 2.24) is 14.5 Å². The largest absolute Gasteiger partial charge is 0.481 e. The number of hydrogen-bond donors (Lipinski definition) is 4. The lowest BCUT2D eigenvalue weighted by Gasteiger charge is -2.43. The van der Waals surface area contributed by atoms with Crippen molar-refractivity contribution in [2.24, 2.45) is 5.92 Å². The number of aryl methyl sites for hydroxylation is 2. The molecular formula is C44H52N4O8S. The molecule has 12 nitrogen and oxygen atoms in total. The van der Waals surface area contributed by atoms with Crippen LogP contribution in [0.2, 0.25) is 0 Å². The second-order valence-electron chi connectivity index (χ2n) is 15.5. The predicted octanol–water partition coefficient (Wildman–Crippen LogP) is 6.65. The summed E-state index contributed by atoms with van der Waals surface area (Å²) >= 11 is 0. The monoisotopic (exact) mass is 796 g/mol. The van der Waals surface area contributed by atoms with Crippen molar-refractivity contribution >= 4 is 39.5 Å². The van der Waals surface area contributed by atoms with Crippen LogP contribution in [0.1, 0.15) is 97.1 Å². The fraction of sp³-hybridized carbons (Fsp3) is 0.409. The zero-order chi connectivity index (χ0) is 40.7. The van der Waals surface area contributed by atoms with Gasteiger partial charge < -0.3 is 20.8 Å². The van der Waals surface area contributed by atoms with E-state index in [0.29, 0.717) is 49.1 Å². The van der Waals surface area contributed by atoms with Crippen molar-refractivity contribution in [2.75, 3.05) is 25.0 Å². The highest BCUT2D eigenvalue weighted by Gasteiger charge is 2.38. The summed E-state index contributed by atoms with van der Waals surface area (Å²) in [7, 11) is -4.00. The molecule has 2 aliphatic carbocycles. The van der Waals surface area contributed by atoms with Crippen LogP contribution in [0.3, 0.4) is 0 Å². The quantitative estimate of drug-likeness (QED) is 0.139. The summed E-state index contributed by atoms with van der Waals surface area (Å²) in [6.07, 6.45) is 10.6. The summed E-state index contributed by atoms with van der Waals surface area (Å²) in [4.78, 5) is 53.0. The molecule has 0 radical (unpaired) electrons. The maximum Gasteiger partial charge on any atom is 0.335 e. The average molecular weight is 797 g/mol. The first-order valence-electron chi connectivity index (χ1n) is 19.8. The van der Waals surface area contributed by atoms with Crippen LogP contribution in [0, 0.1) is 5.92 Å². The van der Waals surface area contributed by atoms with E-state index in [1.807, 2.05) is 42.5 Å². The first-order chi connectivity index (χ1) is 27.3. The molecule has 57 heavy (non-hydrogen) atoms. The summed E-state index contributed by atoms with van der Waals surface area (Å²) in [5.74, 6) is -3.19. The molecule has 1 aliphatic heterocycles. The molecule has 2 fully saturated rings. The lowest BCUT2D eigenvalue weighted by Crippen LogP contribution is -2.50. The van der Waals surface area contributed by atoms with Gasteiger partial charge in [-0.25, -0.2) is 13.2 Å². The molecule has 1 heterocycles. The van der Waals surface area contributed by atoms with Gasteiger partial charge in [0.25, 0.3) is 11.8 Å². The van der Waals surface area contributed by atoms with Gasteiger partial charge in [0.15, 0.2) is 0 Å². The number of piperidine rings is 1. The molecule has 0 aromatic heterocycles. The molecule has 1 saturated heterocycles. The number of amides is 2. The lowest BCUT2D eigenvalue weighted by molar-refractivity contribution is -0.143. The Balaban J connectivity index is 1.18. The Morgan fingerprint density at radius 2 is 1.44 bits per heavy atom. The van der Waals surface area contributed by atoms with E-state index in [1.165, 1.54) is 22.5 Å². The van der Waals surface area contributed by atoms with Crippen LogP contribution in [0.5, 0.6) is 0 Å². The van der Waals surface area contributed by atoms with Crippen molar-refractivity contribution in [1.29, 1.82) is 0 Å². The van der Waals surface area contributed by atoms with Crippen LogP contribution in [-0.2, 0) is 32.5 Å². The van der Waals surface area contributed by atoms with Gasteiger partial charge in [-0.2, -0.15) is 4.31 Å². The van der Waals surface area contributed by atoms with Gasteiger partial charge in [-0.15, -0.1) is 0 Å². The van der Waals surface area contributed by atoms with Gasteiger partial charge in [0, 0.05) is 47.1 Å². The number of sulfonamides is 1. The topological polar surface area (TPSA) is 173 Å². The Bertz CT molecular complexity index is 2130. The molecule has 3 aromatic carbocycles. The van der Waals surface area contributed by atoms with Crippen LogP contribution < -0.4 is 10.6 Å². The number of carboxylic acids is 2. The van der Waals surface area contributed by atoms with Crippen LogP contribution in [0.15, 0.2) is 101 Å². The van der Waals surface area contributed by atoms with Crippen molar-refractivity contribution in [2.45, 2.75) is 94.5 Å². The SMILES string of the molecule is CCN(C1CCC(C(=O)O)CC1)S(=O)(=O)c1cccc(C(=O)NC2=C(C(=O)Nc3ccc(CCc4ccc(C(=O)O)cc4)cc3)CC(C)(N3CCCCC3)C=C2)c1. The third-order valence-corrected chi connectivity index (χ3v) is 13.7. The smallest absolute Gasteiger partial charge is 0.335 e. The van der Waals surface area contributed by atoms with E-state index in [0.717, 1.165) is 56.3 Å². The molecule has 1 saturated carbocycles. The first kappa shape index (κ1) is 41.5. The van der Waals surface area contributed by atoms with Crippen LogP contribution in [0.25, 0.3) is 0 Å². The maximum absolute atomic E-state index is 14.1. The molecule has 302 valence electrons. The van der Waals surface area contributed by atoms with E-state index in [4.69, 9.17) is 5.11 Å². The number of carbonyl (C=O) groups excluding carboxylic acids is 2. The molecule has 13 heteroatoms. The second-order valence-corrected chi connectivity index (χ2v) is 17.4. The predicted molar refractivity (Wildman–Crippen MR) is 217 cm³/mol. The van der Waals surface area contributed by atoms with Gasteiger partial charge in [-0.1, -0.05) is 49.8 Å². The number of allylic oxidation sites excluding steroid dienone is 1. The zero-order valence-corrected chi connectivity index (χ0v) is 33.4. The number of anilines is 1. The van der Waals surface area contributed by atoms with Crippen molar-refractivity contribution in [3.8, 4) is 0 Å². The number of rotatable bonds is 14. The lowest BCUT2D eigenvalue weighted by atomic mass is 9.83. The van der Waals surface area contributed by atoms with Crippen LogP contribution in [0.4, 0.5) is 5.69 Å². The number of aromatic carboxylic acids is 1. The van der Waals surface area contributed by atoms with Gasteiger partial charge in [0.2, 0.25) is 10.0 Å². The molecule has 2 amide bonds. The minimum absolute atomic E-state index is 0.0271. The molecule has 4 N–H and O–H groups in total. The molecule has 3 aromatic rings. The van der Waals surface area contributed by atoms with E-state index in [9.17, 15) is 32.7 Å². The second kappa shape index (κ2) is 18.0. The van der Waals surface area contributed by atoms with Crippen LogP contribution in [-0.4, -0.2) is 82.8 Å². The van der Waals surface area contributed by atoms with E-state index in [2.05, 4.69) is 22.5 Å². The molecule has 6 rings (SSSR count). The minimum atomic E-state index is -4.00. The third-order valence-electron chi connectivity index (χ3n) is 11.7. The Kier molecular flexibility index (Phi) is 13.1. The van der Waals surface area contributed by atoms with Gasteiger partial charge in [-0.3, -0.25) is 19.3 Å². The standard InChI is InChI=1S/C44H52N4O8S/c1-3-48(36-22-18-33(19-23-36)43(53)54)57(55,56)37-9-7-8-34(28-37)40(49)46-39-24-25-44(2,47-26-5-4-6-27-47)29-38(39)41(50)45-35-20-14-31(15-21-35)11-10-30-12-16-32(17-13-30)42(51)52/h7-9,12-17,20-21,24-25,28,33,36H,3-6,10-11,18-19,22-23,26-27,29H2,1-2H3,(H,45,50)(H,46,49)(H,51,52)(H,53,54). The Hall–Kier alpha value is -5.11. The fourth-order valence-corrected chi connectivity index (χ4v) is 9.98. The van der Waals surface area contributed by atoms with Crippen molar-refractivity contribution in [3.63, 3.8) is 0 Å². The molecule has 0 bridgehead atoms. The summed E-state index contributed by atoms with van der Waals surface area (Å²) in [6.45, 7) is 5.87. The highest BCUT2D eigenvalue weighted by molar-refractivity contribution is 7.89. The van der Waals surface area contributed by atoms with Gasteiger partial charge in [0.1, 0.15) is 0 Å². The zero-order valence-electron chi connectivity index (χ0n) is 32.6. The van der Waals surface area contributed by atoms with E-state index in [1.54, 1.807) is 31.2 Å². The summed E-state index contributed by atoms with van der Waals surface area (Å²) in [5, 5.41) is 24.5. The normalized spacial score (nSPS) is 21.6. The minimum Gasteiger partial charge on any atom is -0.481 e. The molecule has 1 atom stereocenters. The number of nitrogens with one attached hydrogen (secondary N) is 2. The Morgan fingerprint density at radius 1 is 0.807 bits per heavy atom. The number of benzene rings is 3. The van der Waals surface area contributed by atoms with E-state index < -0.39 is 39.3 Å². The molecule has 1 unspecified atom stereocenters.